The molecule has 10 heteroatoms. The van der Waals surface area contributed by atoms with Gasteiger partial charge >= 0.3 is 0 Å². The summed E-state index contributed by atoms with van der Waals surface area (Å²) >= 11 is 12.4. The number of benzene rings is 3. The molecule has 0 aromatic heterocycles. The molecule has 6 atom stereocenters. The monoisotopic (exact) mass is 646 g/mol. The molecule has 0 bridgehead atoms. The Morgan fingerprint density at radius 3 is 2.24 bits per heavy atom. The number of halogens is 3. The van der Waals surface area contributed by atoms with Gasteiger partial charge in [0.2, 0.25) is 23.6 Å². The third-order valence-electron chi connectivity index (χ3n) is 10.4. The number of aryl methyl sites for hydroxylation is 2. The van der Waals surface area contributed by atoms with Crippen LogP contribution in [0.3, 0.4) is 0 Å². The topological polar surface area (TPSA) is 95.0 Å². The van der Waals surface area contributed by atoms with Gasteiger partial charge in [-0.2, -0.15) is 0 Å². The Labute approximate surface area is 269 Å². The lowest BCUT2D eigenvalue weighted by atomic mass is 9.51. The molecule has 45 heavy (non-hydrogen) atoms. The molecule has 7 rings (SSSR count). The minimum atomic E-state index is -1.35. The number of carbonyl (C=O) groups excluding carboxylic acids is 4. The Hall–Kier alpha value is -4.01. The molecular weight excluding hydrogens is 618 g/mol. The quantitative estimate of drug-likeness (QED) is 0.247. The number of phenolic OH excluding ortho intramolecular Hbond substituents is 1. The average Bonchev–Trinajstić information content (AvgIpc) is 3.37. The molecule has 2 aliphatic carbocycles. The molecule has 7 nitrogen and oxygen atoms in total. The highest BCUT2D eigenvalue weighted by Crippen LogP contribution is 2.64. The predicted octanol–water partition coefficient (Wildman–Crippen LogP) is 6.89. The van der Waals surface area contributed by atoms with Crippen molar-refractivity contribution in [1.29, 1.82) is 0 Å². The van der Waals surface area contributed by atoms with E-state index in [4.69, 9.17) is 23.2 Å². The molecule has 2 saturated heterocycles. The van der Waals surface area contributed by atoms with Crippen molar-refractivity contribution in [3.05, 3.63) is 98.8 Å². The third-order valence-corrected chi connectivity index (χ3v) is 11.1. The lowest BCUT2D eigenvalue weighted by Gasteiger charge is -2.49. The molecule has 3 fully saturated rings. The zero-order chi connectivity index (χ0) is 32.1. The minimum absolute atomic E-state index is 0.000535. The second kappa shape index (κ2) is 10.3. The van der Waals surface area contributed by atoms with Crippen molar-refractivity contribution < 1.29 is 28.7 Å². The van der Waals surface area contributed by atoms with Crippen LogP contribution < -0.4 is 9.80 Å². The number of aromatic hydroxyl groups is 1. The summed E-state index contributed by atoms with van der Waals surface area (Å²) in [6.45, 7) is 5.31. The first-order valence-corrected chi connectivity index (χ1v) is 15.6. The predicted molar refractivity (Wildman–Crippen MR) is 168 cm³/mol. The maximum absolute atomic E-state index is 14.5. The van der Waals surface area contributed by atoms with Crippen molar-refractivity contribution in [3.8, 4) is 5.75 Å². The van der Waals surface area contributed by atoms with Crippen LogP contribution in [0.5, 0.6) is 5.75 Å². The van der Waals surface area contributed by atoms with Crippen molar-refractivity contribution in [2.45, 2.75) is 39.5 Å². The van der Waals surface area contributed by atoms with Crippen molar-refractivity contribution >= 4 is 58.2 Å². The summed E-state index contributed by atoms with van der Waals surface area (Å²) in [5, 5.41) is 11.6. The SMILES string of the molecule is Cc1ccc(N2C(=O)[C@H]3[C@H](CC=C4[C@H]3C[C@H]3C(=O)N(c5ccc(F)c(Cl)c5)C(=O)[C@@]3(C)[C@H]4c3cccc(C)c3O)C2=O)cc1Cl. The van der Waals surface area contributed by atoms with Crippen LogP contribution in [0.25, 0.3) is 0 Å². The van der Waals surface area contributed by atoms with Crippen LogP contribution in [0.4, 0.5) is 15.8 Å². The molecule has 1 saturated carbocycles. The first kappa shape index (κ1) is 29.7. The maximum Gasteiger partial charge on any atom is 0.241 e. The molecule has 3 aromatic rings. The van der Waals surface area contributed by atoms with Gasteiger partial charge in [0.1, 0.15) is 11.6 Å². The Kier molecular flexibility index (Phi) is 6.77. The second-order valence-corrected chi connectivity index (χ2v) is 13.5. The summed E-state index contributed by atoms with van der Waals surface area (Å²) in [5.74, 6) is -6.04. The van der Waals surface area contributed by atoms with Crippen LogP contribution in [-0.4, -0.2) is 28.7 Å². The van der Waals surface area contributed by atoms with Gasteiger partial charge in [-0.25, -0.2) is 14.2 Å². The first-order chi connectivity index (χ1) is 21.4. The van der Waals surface area contributed by atoms with Crippen LogP contribution in [0, 0.1) is 48.8 Å². The molecule has 0 radical (unpaired) electrons. The lowest BCUT2D eigenvalue weighted by Crippen LogP contribution is -2.49. The highest BCUT2D eigenvalue weighted by Gasteiger charge is 2.68. The molecule has 3 aromatic carbocycles. The standard InChI is InChI=1S/C35H29Cl2FN2O5/c1-16-7-8-18(13-25(16)36)39-31(42)21-11-10-20-23(28(21)33(39)44)15-24-32(43)40(19-9-12-27(38)26(37)14-19)34(45)35(24,3)29(20)22-6-4-5-17(2)30(22)41/h4-10,12-14,21,23-24,28-29,41H,11,15H2,1-3H3/t21-,23+,24-,28-,29+,35+/m0/s1. The summed E-state index contributed by atoms with van der Waals surface area (Å²) < 4.78 is 14.1. The van der Waals surface area contributed by atoms with Gasteiger partial charge in [-0.15, -0.1) is 0 Å². The van der Waals surface area contributed by atoms with Crippen molar-refractivity contribution in [1.82, 2.24) is 0 Å². The molecule has 2 heterocycles. The number of imide groups is 2. The van der Waals surface area contributed by atoms with Gasteiger partial charge < -0.3 is 5.11 Å². The van der Waals surface area contributed by atoms with E-state index in [-0.39, 0.29) is 41.1 Å². The number of fused-ring (bicyclic) bond motifs is 4. The van der Waals surface area contributed by atoms with E-state index >= 15 is 0 Å². The van der Waals surface area contributed by atoms with Gasteiger partial charge in [0.15, 0.2) is 0 Å². The number of allylic oxidation sites excluding steroid dienone is 2. The van der Waals surface area contributed by atoms with E-state index in [1.165, 1.54) is 17.0 Å². The number of rotatable bonds is 3. The molecule has 2 aliphatic heterocycles. The van der Waals surface area contributed by atoms with E-state index in [9.17, 15) is 28.7 Å². The third kappa shape index (κ3) is 4.08. The number of hydrogen-bond acceptors (Lipinski definition) is 5. The zero-order valence-corrected chi connectivity index (χ0v) is 26.2. The van der Waals surface area contributed by atoms with E-state index < -0.39 is 52.6 Å². The Balaban J connectivity index is 1.38. The van der Waals surface area contributed by atoms with Gasteiger partial charge in [-0.1, -0.05) is 59.1 Å². The van der Waals surface area contributed by atoms with Gasteiger partial charge in [0, 0.05) is 16.5 Å². The number of hydrogen-bond donors (Lipinski definition) is 1. The molecule has 4 aliphatic rings. The number of anilines is 2. The van der Waals surface area contributed by atoms with Crippen molar-refractivity contribution in [2.75, 3.05) is 9.80 Å². The Morgan fingerprint density at radius 1 is 0.844 bits per heavy atom. The lowest BCUT2D eigenvalue weighted by molar-refractivity contribution is -0.131. The van der Waals surface area contributed by atoms with E-state index in [0.717, 1.165) is 22.1 Å². The van der Waals surface area contributed by atoms with E-state index in [0.29, 0.717) is 21.8 Å². The number of carbonyl (C=O) groups is 4. The van der Waals surface area contributed by atoms with E-state index in [1.54, 1.807) is 50.2 Å². The Morgan fingerprint density at radius 2 is 1.53 bits per heavy atom. The molecule has 1 N–H and O–H groups in total. The highest BCUT2D eigenvalue weighted by molar-refractivity contribution is 6.32. The summed E-state index contributed by atoms with van der Waals surface area (Å²) in [5.41, 5.74) is 1.80. The van der Waals surface area contributed by atoms with E-state index in [1.807, 2.05) is 13.0 Å². The van der Waals surface area contributed by atoms with Gasteiger partial charge in [0.05, 0.1) is 39.6 Å². The largest absolute Gasteiger partial charge is 0.507 e. The summed E-state index contributed by atoms with van der Waals surface area (Å²) in [4.78, 5) is 59.0. The zero-order valence-electron chi connectivity index (χ0n) is 24.7. The van der Waals surface area contributed by atoms with Crippen molar-refractivity contribution in [2.24, 2.45) is 29.1 Å². The van der Waals surface area contributed by atoms with Crippen LogP contribution >= 0.6 is 23.2 Å². The number of phenols is 1. The molecule has 4 amide bonds. The Bertz CT molecular complexity index is 1890. The van der Waals surface area contributed by atoms with Crippen LogP contribution in [0.2, 0.25) is 10.0 Å². The van der Waals surface area contributed by atoms with Gasteiger partial charge in [0.25, 0.3) is 0 Å². The first-order valence-electron chi connectivity index (χ1n) is 14.8. The maximum atomic E-state index is 14.5. The smallest absolute Gasteiger partial charge is 0.241 e. The fourth-order valence-corrected chi connectivity index (χ4v) is 8.47. The molecule has 230 valence electrons. The summed E-state index contributed by atoms with van der Waals surface area (Å²) in [6.07, 6.45) is 2.33. The van der Waals surface area contributed by atoms with Crippen LogP contribution in [-0.2, 0) is 19.2 Å². The second-order valence-electron chi connectivity index (χ2n) is 12.7. The summed E-state index contributed by atoms with van der Waals surface area (Å²) in [7, 11) is 0. The molecule has 0 unspecified atom stereocenters. The van der Waals surface area contributed by atoms with E-state index in [2.05, 4.69) is 0 Å². The fraction of sp³-hybridized carbons (Fsp3) is 0.314. The number of amides is 4. The minimum Gasteiger partial charge on any atom is -0.507 e. The number of para-hydroxylation sites is 1. The average molecular weight is 648 g/mol. The van der Waals surface area contributed by atoms with Gasteiger partial charge in [-0.3, -0.25) is 19.2 Å². The van der Waals surface area contributed by atoms with Crippen molar-refractivity contribution in [3.63, 3.8) is 0 Å². The van der Waals surface area contributed by atoms with Crippen LogP contribution in [0.1, 0.15) is 42.4 Å². The summed E-state index contributed by atoms with van der Waals surface area (Å²) in [6, 6.07) is 14.0. The normalized spacial score (nSPS) is 29.1. The highest BCUT2D eigenvalue weighted by atomic mass is 35.5. The molecular formula is C35H29Cl2FN2O5. The fourth-order valence-electron chi connectivity index (χ4n) is 8.12. The van der Waals surface area contributed by atoms with Crippen LogP contribution in [0.15, 0.2) is 66.2 Å². The number of nitrogens with zero attached hydrogens (tertiary/aromatic N) is 2. The molecule has 0 spiro atoms. The van der Waals surface area contributed by atoms with Gasteiger partial charge in [-0.05, 0) is 81.0 Å².